The summed E-state index contributed by atoms with van der Waals surface area (Å²) in [6.45, 7) is 9.18. The van der Waals surface area contributed by atoms with Crippen molar-refractivity contribution in [3.63, 3.8) is 0 Å². The van der Waals surface area contributed by atoms with E-state index in [4.69, 9.17) is 4.74 Å². The average Bonchev–Trinajstić information content (AvgIpc) is 2.55. The molecule has 128 valence electrons. The minimum Gasteiger partial charge on any atom is -0.496 e. The van der Waals surface area contributed by atoms with Gasteiger partial charge in [-0.1, -0.05) is 25.1 Å². The SMILES string of the molecule is CCC(C)(C)NC(=O)CN1CCNCC1c1ccccc1OC. The van der Waals surface area contributed by atoms with E-state index in [-0.39, 0.29) is 17.5 Å². The van der Waals surface area contributed by atoms with Gasteiger partial charge in [-0.3, -0.25) is 9.69 Å². The third kappa shape index (κ3) is 4.69. The van der Waals surface area contributed by atoms with Crippen molar-refractivity contribution in [2.24, 2.45) is 0 Å². The molecule has 0 saturated carbocycles. The Morgan fingerprint density at radius 1 is 1.43 bits per heavy atom. The van der Waals surface area contributed by atoms with Gasteiger partial charge in [-0.15, -0.1) is 0 Å². The maximum absolute atomic E-state index is 12.4. The van der Waals surface area contributed by atoms with E-state index in [2.05, 4.69) is 42.4 Å². The van der Waals surface area contributed by atoms with Crippen molar-refractivity contribution >= 4 is 5.91 Å². The van der Waals surface area contributed by atoms with Gasteiger partial charge in [0.1, 0.15) is 5.75 Å². The zero-order valence-corrected chi connectivity index (χ0v) is 14.7. The second-order valence-corrected chi connectivity index (χ2v) is 6.72. The van der Waals surface area contributed by atoms with Crippen LogP contribution in [0.15, 0.2) is 24.3 Å². The first-order chi connectivity index (χ1) is 11.0. The highest BCUT2D eigenvalue weighted by Crippen LogP contribution is 2.29. The molecule has 2 N–H and O–H groups in total. The van der Waals surface area contributed by atoms with Crippen LogP contribution in [0.25, 0.3) is 0 Å². The summed E-state index contributed by atoms with van der Waals surface area (Å²) in [5.41, 5.74) is 0.968. The summed E-state index contributed by atoms with van der Waals surface area (Å²) in [7, 11) is 1.69. The minimum absolute atomic E-state index is 0.0821. The van der Waals surface area contributed by atoms with Crippen molar-refractivity contribution in [1.82, 2.24) is 15.5 Å². The number of carbonyl (C=O) groups excluding carboxylic acids is 1. The van der Waals surface area contributed by atoms with E-state index >= 15 is 0 Å². The molecule has 1 fully saturated rings. The highest BCUT2D eigenvalue weighted by atomic mass is 16.5. The number of rotatable bonds is 6. The zero-order valence-electron chi connectivity index (χ0n) is 14.7. The molecular weight excluding hydrogens is 290 g/mol. The topological polar surface area (TPSA) is 53.6 Å². The molecule has 1 saturated heterocycles. The van der Waals surface area contributed by atoms with E-state index in [1.165, 1.54) is 0 Å². The molecule has 1 aromatic rings. The molecule has 0 bridgehead atoms. The molecule has 2 rings (SSSR count). The largest absolute Gasteiger partial charge is 0.496 e. The van der Waals surface area contributed by atoms with Gasteiger partial charge in [0.2, 0.25) is 5.91 Å². The molecule has 1 atom stereocenters. The summed E-state index contributed by atoms with van der Waals surface area (Å²) in [4.78, 5) is 14.6. The molecule has 1 unspecified atom stereocenters. The lowest BCUT2D eigenvalue weighted by Crippen LogP contribution is -2.52. The van der Waals surface area contributed by atoms with Crippen LogP contribution in [0.1, 0.15) is 38.8 Å². The van der Waals surface area contributed by atoms with Gasteiger partial charge in [0, 0.05) is 30.7 Å². The summed E-state index contributed by atoms with van der Waals surface area (Å²) in [6.07, 6.45) is 0.913. The lowest BCUT2D eigenvalue weighted by molar-refractivity contribution is -0.124. The predicted octanol–water partition coefficient (Wildman–Crippen LogP) is 1.95. The molecule has 5 heteroatoms. The highest BCUT2D eigenvalue weighted by molar-refractivity contribution is 5.78. The van der Waals surface area contributed by atoms with Crippen LogP contribution in [0.4, 0.5) is 0 Å². The number of carbonyl (C=O) groups is 1. The maximum Gasteiger partial charge on any atom is 0.234 e. The quantitative estimate of drug-likeness (QED) is 0.841. The van der Waals surface area contributed by atoms with Gasteiger partial charge < -0.3 is 15.4 Å². The number of nitrogens with one attached hydrogen (secondary N) is 2. The molecule has 1 aromatic carbocycles. The van der Waals surface area contributed by atoms with E-state index in [0.29, 0.717) is 6.54 Å². The first-order valence-electron chi connectivity index (χ1n) is 8.35. The molecule has 1 aliphatic rings. The molecule has 0 aromatic heterocycles. The van der Waals surface area contributed by atoms with Crippen molar-refractivity contribution in [2.45, 2.75) is 38.8 Å². The molecular formula is C18H29N3O2. The van der Waals surface area contributed by atoms with Crippen LogP contribution in [-0.2, 0) is 4.79 Å². The van der Waals surface area contributed by atoms with Crippen LogP contribution < -0.4 is 15.4 Å². The maximum atomic E-state index is 12.4. The van der Waals surface area contributed by atoms with Gasteiger partial charge in [0.25, 0.3) is 0 Å². The number of ether oxygens (including phenoxy) is 1. The van der Waals surface area contributed by atoms with Gasteiger partial charge in [-0.2, -0.15) is 0 Å². The second kappa shape index (κ2) is 7.79. The predicted molar refractivity (Wildman–Crippen MR) is 92.7 cm³/mol. The third-order valence-electron chi connectivity index (χ3n) is 4.56. The first-order valence-corrected chi connectivity index (χ1v) is 8.35. The molecule has 0 aliphatic carbocycles. The molecule has 1 aliphatic heterocycles. The molecule has 0 radical (unpaired) electrons. The number of piperazine rings is 1. The van der Waals surface area contributed by atoms with Crippen LogP contribution in [0.3, 0.4) is 0 Å². The van der Waals surface area contributed by atoms with E-state index in [1.54, 1.807) is 7.11 Å². The van der Waals surface area contributed by atoms with Crippen molar-refractivity contribution in [2.75, 3.05) is 33.3 Å². The van der Waals surface area contributed by atoms with E-state index < -0.39 is 0 Å². The van der Waals surface area contributed by atoms with Crippen LogP contribution in [-0.4, -0.2) is 49.6 Å². The second-order valence-electron chi connectivity index (χ2n) is 6.72. The Labute approximate surface area is 139 Å². The summed E-state index contributed by atoms with van der Waals surface area (Å²) < 4.78 is 5.49. The van der Waals surface area contributed by atoms with Crippen molar-refractivity contribution in [3.8, 4) is 5.75 Å². The van der Waals surface area contributed by atoms with Gasteiger partial charge in [0.15, 0.2) is 0 Å². The van der Waals surface area contributed by atoms with Gasteiger partial charge in [-0.05, 0) is 26.3 Å². The minimum atomic E-state index is -0.162. The third-order valence-corrected chi connectivity index (χ3v) is 4.56. The Balaban J connectivity index is 2.11. The molecule has 1 heterocycles. The number of benzene rings is 1. The fourth-order valence-corrected chi connectivity index (χ4v) is 2.87. The first kappa shape index (κ1) is 17.8. The fourth-order valence-electron chi connectivity index (χ4n) is 2.87. The molecule has 23 heavy (non-hydrogen) atoms. The fraction of sp³-hybridized carbons (Fsp3) is 0.611. The average molecular weight is 319 g/mol. The monoisotopic (exact) mass is 319 g/mol. The molecule has 5 nitrogen and oxygen atoms in total. The Hall–Kier alpha value is -1.59. The zero-order chi connectivity index (χ0) is 16.9. The number of hydrogen-bond donors (Lipinski definition) is 2. The number of para-hydroxylation sites is 1. The molecule has 0 spiro atoms. The van der Waals surface area contributed by atoms with E-state index in [0.717, 1.165) is 37.4 Å². The highest BCUT2D eigenvalue weighted by Gasteiger charge is 2.28. The summed E-state index contributed by atoms with van der Waals surface area (Å²) in [5.74, 6) is 0.958. The van der Waals surface area contributed by atoms with Gasteiger partial charge in [-0.25, -0.2) is 0 Å². The van der Waals surface area contributed by atoms with Crippen molar-refractivity contribution in [1.29, 1.82) is 0 Å². The number of nitrogens with zero attached hydrogens (tertiary/aromatic N) is 1. The number of methoxy groups -OCH3 is 1. The lowest BCUT2D eigenvalue weighted by atomic mass is 10.0. The van der Waals surface area contributed by atoms with Crippen molar-refractivity contribution < 1.29 is 9.53 Å². The summed E-state index contributed by atoms with van der Waals surface area (Å²) in [5, 5.41) is 6.54. The standard InChI is InChI=1S/C18H29N3O2/c1-5-18(2,3)20-17(22)13-21-11-10-19-12-15(21)14-8-6-7-9-16(14)23-4/h6-9,15,19H,5,10-13H2,1-4H3,(H,20,22). The Kier molecular flexibility index (Phi) is 6.02. The summed E-state index contributed by atoms with van der Waals surface area (Å²) >= 11 is 0. The Bertz CT molecular complexity index is 531. The van der Waals surface area contributed by atoms with Crippen LogP contribution in [0.5, 0.6) is 5.75 Å². The van der Waals surface area contributed by atoms with Gasteiger partial charge in [0.05, 0.1) is 19.7 Å². The Morgan fingerprint density at radius 3 is 2.87 bits per heavy atom. The molecule has 1 amide bonds. The van der Waals surface area contributed by atoms with Crippen molar-refractivity contribution in [3.05, 3.63) is 29.8 Å². The number of amides is 1. The Morgan fingerprint density at radius 2 is 2.17 bits per heavy atom. The lowest BCUT2D eigenvalue weighted by Gasteiger charge is -2.37. The normalized spacial score (nSPS) is 19.4. The van der Waals surface area contributed by atoms with E-state index in [9.17, 15) is 4.79 Å². The van der Waals surface area contributed by atoms with Crippen LogP contribution >= 0.6 is 0 Å². The van der Waals surface area contributed by atoms with Crippen LogP contribution in [0.2, 0.25) is 0 Å². The van der Waals surface area contributed by atoms with Gasteiger partial charge >= 0.3 is 0 Å². The van der Waals surface area contributed by atoms with E-state index in [1.807, 2.05) is 18.2 Å². The number of hydrogen-bond acceptors (Lipinski definition) is 4. The van der Waals surface area contributed by atoms with Crippen LogP contribution in [0, 0.1) is 0 Å². The smallest absolute Gasteiger partial charge is 0.234 e. The summed E-state index contributed by atoms with van der Waals surface area (Å²) in [6, 6.07) is 8.19.